The van der Waals surface area contributed by atoms with E-state index >= 15 is 0 Å². The minimum Gasteiger partial charge on any atom is -0.383 e. The summed E-state index contributed by atoms with van der Waals surface area (Å²) in [4.78, 5) is 13.2. The predicted octanol–water partition coefficient (Wildman–Crippen LogP) is 0.0892. The fourth-order valence-corrected chi connectivity index (χ4v) is 0.758. The Bertz CT molecular complexity index is 149. The van der Waals surface area contributed by atoms with Crippen LogP contribution in [0.4, 0.5) is 0 Å². The number of methoxy groups -OCH3 is 1. The molecule has 13 heavy (non-hydrogen) atoms. The normalized spacial score (nSPS) is 10.9. The van der Waals surface area contributed by atoms with Crippen LogP contribution in [0.15, 0.2) is 0 Å². The minimum absolute atomic E-state index is 0.0493. The predicted molar refractivity (Wildman–Crippen MR) is 52.7 cm³/mol. The Hall–Kier alpha value is -0.610. The molecule has 0 heterocycles. The van der Waals surface area contributed by atoms with Crippen LogP contribution >= 0.6 is 0 Å². The number of hydrogen-bond donors (Lipinski definition) is 1. The fourth-order valence-electron chi connectivity index (χ4n) is 0.758. The lowest BCUT2D eigenvalue weighted by Gasteiger charge is -2.19. The van der Waals surface area contributed by atoms with Gasteiger partial charge in [-0.25, -0.2) is 0 Å². The summed E-state index contributed by atoms with van der Waals surface area (Å²) in [6.07, 6.45) is 0. The van der Waals surface area contributed by atoms with Crippen molar-refractivity contribution >= 4 is 5.91 Å². The second-order valence-electron chi connectivity index (χ2n) is 3.35. The zero-order valence-corrected chi connectivity index (χ0v) is 8.96. The Kier molecular flexibility index (Phi) is 6.54. The highest BCUT2D eigenvalue weighted by atomic mass is 16.5. The van der Waals surface area contributed by atoms with Gasteiger partial charge in [0, 0.05) is 19.7 Å². The van der Waals surface area contributed by atoms with Crippen molar-refractivity contribution in [2.75, 3.05) is 33.9 Å². The standard InChI is InChI=1S/C9H20N2O2/c1-8(2)11(3)7-9(12)10-5-6-13-4/h8H,5-7H2,1-4H3,(H,10,12). The molecule has 0 aromatic rings. The topological polar surface area (TPSA) is 41.6 Å². The first-order valence-corrected chi connectivity index (χ1v) is 4.53. The molecule has 0 aliphatic heterocycles. The molecule has 1 amide bonds. The van der Waals surface area contributed by atoms with Crippen molar-refractivity contribution in [3.63, 3.8) is 0 Å². The monoisotopic (exact) mass is 188 g/mol. The average molecular weight is 188 g/mol. The van der Waals surface area contributed by atoms with Crippen LogP contribution in [0.25, 0.3) is 0 Å². The van der Waals surface area contributed by atoms with E-state index in [9.17, 15) is 4.79 Å². The van der Waals surface area contributed by atoms with Crippen LogP contribution in [0.2, 0.25) is 0 Å². The molecule has 4 nitrogen and oxygen atoms in total. The zero-order chi connectivity index (χ0) is 10.3. The quantitative estimate of drug-likeness (QED) is 0.601. The number of nitrogens with one attached hydrogen (secondary N) is 1. The van der Waals surface area contributed by atoms with Gasteiger partial charge < -0.3 is 10.1 Å². The van der Waals surface area contributed by atoms with Gasteiger partial charge >= 0.3 is 0 Å². The third-order valence-electron chi connectivity index (χ3n) is 1.90. The summed E-state index contributed by atoms with van der Waals surface area (Å²) in [5.74, 6) is 0.0493. The summed E-state index contributed by atoms with van der Waals surface area (Å²) < 4.78 is 4.82. The van der Waals surface area contributed by atoms with Gasteiger partial charge in [0.05, 0.1) is 13.2 Å². The van der Waals surface area contributed by atoms with Crippen LogP contribution in [0.1, 0.15) is 13.8 Å². The highest BCUT2D eigenvalue weighted by molar-refractivity contribution is 5.77. The largest absolute Gasteiger partial charge is 0.383 e. The average Bonchev–Trinajstić information content (AvgIpc) is 2.04. The lowest BCUT2D eigenvalue weighted by molar-refractivity contribution is -0.122. The van der Waals surface area contributed by atoms with Gasteiger partial charge in [-0.1, -0.05) is 0 Å². The summed E-state index contributed by atoms with van der Waals surface area (Å²) in [6, 6.07) is 0.396. The van der Waals surface area contributed by atoms with E-state index in [1.54, 1.807) is 7.11 Å². The molecule has 0 aliphatic rings. The number of nitrogens with zero attached hydrogens (tertiary/aromatic N) is 1. The lowest BCUT2D eigenvalue weighted by atomic mass is 10.3. The smallest absolute Gasteiger partial charge is 0.234 e. The minimum atomic E-state index is 0.0493. The molecule has 1 N–H and O–H groups in total. The van der Waals surface area contributed by atoms with Gasteiger partial charge in [-0.3, -0.25) is 9.69 Å². The maximum absolute atomic E-state index is 11.2. The summed E-state index contributed by atoms with van der Waals surface area (Å²) in [6.45, 7) is 5.71. The van der Waals surface area contributed by atoms with Gasteiger partial charge in [0.2, 0.25) is 5.91 Å². The molecule has 0 atom stereocenters. The fraction of sp³-hybridized carbons (Fsp3) is 0.889. The van der Waals surface area contributed by atoms with Gasteiger partial charge in [-0.15, -0.1) is 0 Å². The molecule has 0 radical (unpaired) electrons. The van der Waals surface area contributed by atoms with Gasteiger partial charge in [-0.2, -0.15) is 0 Å². The first-order valence-electron chi connectivity index (χ1n) is 4.53. The van der Waals surface area contributed by atoms with Crippen LogP contribution < -0.4 is 5.32 Å². The van der Waals surface area contributed by atoms with Gasteiger partial charge in [0.25, 0.3) is 0 Å². The second-order valence-corrected chi connectivity index (χ2v) is 3.35. The van der Waals surface area contributed by atoms with E-state index in [1.165, 1.54) is 0 Å². The third kappa shape index (κ3) is 6.54. The molecule has 0 aliphatic carbocycles. The number of hydrogen-bond acceptors (Lipinski definition) is 3. The van der Waals surface area contributed by atoms with Gasteiger partial charge in [0.15, 0.2) is 0 Å². The van der Waals surface area contributed by atoms with Crippen LogP contribution in [-0.2, 0) is 9.53 Å². The molecule has 0 spiro atoms. The Morgan fingerprint density at radius 2 is 2.15 bits per heavy atom. The summed E-state index contributed by atoms with van der Waals surface area (Å²) in [5, 5.41) is 2.76. The first-order chi connectivity index (χ1) is 6.07. The van der Waals surface area contributed by atoms with E-state index in [2.05, 4.69) is 19.2 Å². The maximum Gasteiger partial charge on any atom is 0.234 e. The van der Waals surface area contributed by atoms with Crippen molar-refractivity contribution < 1.29 is 9.53 Å². The molecule has 0 unspecified atom stereocenters. The number of amides is 1. The zero-order valence-electron chi connectivity index (χ0n) is 8.96. The summed E-state index contributed by atoms with van der Waals surface area (Å²) in [5.41, 5.74) is 0. The summed E-state index contributed by atoms with van der Waals surface area (Å²) >= 11 is 0. The van der Waals surface area contributed by atoms with Crippen LogP contribution in [0.5, 0.6) is 0 Å². The Morgan fingerprint density at radius 3 is 2.62 bits per heavy atom. The van der Waals surface area contributed by atoms with E-state index in [1.807, 2.05) is 11.9 Å². The Morgan fingerprint density at radius 1 is 1.54 bits per heavy atom. The Labute approximate surface area is 80.2 Å². The van der Waals surface area contributed by atoms with E-state index in [0.717, 1.165) is 0 Å². The number of carbonyl (C=O) groups is 1. The van der Waals surface area contributed by atoms with Crippen molar-refractivity contribution in [1.29, 1.82) is 0 Å². The van der Waals surface area contributed by atoms with Crippen molar-refractivity contribution in [2.45, 2.75) is 19.9 Å². The van der Waals surface area contributed by atoms with E-state index in [0.29, 0.717) is 25.7 Å². The van der Waals surface area contributed by atoms with Crippen LogP contribution in [0, 0.1) is 0 Å². The van der Waals surface area contributed by atoms with E-state index in [4.69, 9.17) is 4.74 Å². The lowest BCUT2D eigenvalue weighted by Crippen LogP contribution is -2.39. The molecule has 0 bridgehead atoms. The molecule has 0 aromatic heterocycles. The number of likely N-dealkylation sites (N-methyl/N-ethyl adjacent to an activating group) is 1. The van der Waals surface area contributed by atoms with E-state index < -0.39 is 0 Å². The second kappa shape index (κ2) is 6.86. The number of rotatable bonds is 6. The molecular formula is C9H20N2O2. The van der Waals surface area contributed by atoms with Gasteiger partial charge in [-0.05, 0) is 20.9 Å². The molecule has 0 fully saturated rings. The highest BCUT2D eigenvalue weighted by Crippen LogP contribution is 1.91. The van der Waals surface area contributed by atoms with E-state index in [-0.39, 0.29) is 5.91 Å². The van der Waals surface area contributed by atoms with Crippen molar-refractivity contribution in [1.82, 2.24) is 10.2 Å². The maximum atomic E-state index is 11.2. The number of carbonyl (C=O) groups excluding carboxylic acids is 1. The van der Waals surface area contributed by atoms with Crippen LogP contribution in [0.3, 0.4) is 0 Å². The SMILES string of the molecule is COCCNC(=O)CN(C)C(C)C. The van der Waals surface area contributed by atoms with Crippen molar-refractivity contribution in [3.8, 4) is 0 Å². The molecule has 0 saturated carbocycles. The molecule has 0 rings (SSSR count). The molecule has 0 aromatic carbocycles. The van der Waals surface area contributed by atoms with Gasteiger partial charge in [0.1, 0.15) is 0 Å². The molecule has 78 valence electrons. The number of ether oxygens (including phenoxy) is 1. The molecular weight excluding hydrogens is 168 g/mol. The highest BCUT2D eigenvalue weighted by Gasteiger charge is 2.07. The summed E-state index contributed by atoms with van der Waals surface area (Å²) in [7, 11) is 3.55. The van der Waals surface area contributed by atoms with Crippen LogP contribution in [-0.4, -0.2) is 50.7 Å². The third-order valence-corrected chi connectivity index (χ3v) is 1.90. The first kappa shape index (κ1) is 12.4. The molecule has 0 saturated heterocycles. The van der Waals surface area contributed by atoms with Crippen molar-refractivity contribution in [2.24, 2.45) is 0 Å². The molecule has 4 heteroatoms. The van der Waals surface area contributed by atoms with Crippen molar-refractivity contribution in [3.05, 3.63) is 0 Å². The Balaban J connectivity index is 3.50.